The maximum absolute atomic E-state index is 13.1. The monoisotopic (exact) mass is 168 g/mol. The molecule has 12 heavy (non-hydrogen) atoms. The lowest BCUT2D eigenvalue weighted by Crippen LogP contribution is -1.90. The molecule has 1 aromatic carbocycles. The molecule has 0 aliphatic carbocycles. The molecule has 1 rings (SSSR count). The number of nitrogens with zero attached hydrogens (tertiary/aromatic N) is 1. The van der Waals surface area contributed by atoms with Crippen LogP contribution in [-0.4, -0.2) is 14.2 Å². The van der Waals surface area contributed by atoms with Crippen molar-refractivity contribution in [3.8, 4) is 5.75 Å². The molecule has 2 nitrogen and oxygen atoms in total. The molecule has 0 saturated carbocycles. The average molecular weight is 168 g/mol. The fourth-order valence-corrected chi connectivity index (χ4v) is 0.954. The lowest BCUT2D eigenvalue weighted by molar-refractivity contribution is 0.411. The van der Waals surface area contributed by atoms with E-state index >= 15 is 0 Å². The van der Waals surface area contributed by atoms with E-state index in [0.29, 0.717) is 17.9 Å². The summed E-state index contributed by atoms with van der Waals surface area (Å²) in [4.78, 5) is 0. The summed E-state index contributed by atoms with van der Waals surface area (Å²) >= 11 is 0. The van der Waals surface area contributed by atoms with Gasteiger partial charge in [-0.3, -0.25) is 0 Å². The van der Waals surface area contributed by atoms with Crippen molar-refractivity contribution < 1.29 is 9.13 Å². The van der Waals surface area contributed by atoms with Gasteiger partial charge in [-0.15, -0.1) is 6.54 Å². The van der Waals surface area contributed by atoms with Crippen LogP contribution in [0, 0.1) is 5.82 Å². The third kappa shape index (κ3) is 1.95. The average Bonchev–Trinajstić information content (AvgIpc) is 2.09. The highest BCUT2D eigenvalue weighted by Crippen LogP contribution is 2.17. The highest BCUT2D eigenvalue weighted by Gasteiger charge is 1.98. The van der Waals surface area contributed by atoms with Gasteiger partial charge in [-0.2, -0.15) is 7.05 Å². The van der Waals surface area contributed by atoms with Gasteiger partial charge in [-0.25, -0.2) is 4.39 Å². The summed E-state index contributed by atoms with van der Waals surface area (Å²) in [6.45, 7) is 0.413. The normalized spacial score (nSPS) is 9.92. The van der Waals surface area contributed by atoms with Crippen molar-refractivity contribution in [1.29, 1.82) is 0 Å². The van der Waals surface area contributed by atoms with E-state index in [9.17, 15) is 4.39 Å². The molecule has 66 valence electrons. The van der Waals surface area contributed by atoms with E-state index in [-0.39, 0.29) is 5.82 Å². The summed E-state index contributed by atoms with van der Waals surface area (Å²) in [5.74, 6) is 0.271. The summed E-state index contributed by atoms with van der Waals surface area (Å²) < 4.78 is 17.9. The van der Waals surface area contributed by atoms with Crippen LogP contribution in [0.15, 0.2) is 18.2 Å². The Morgan fingerprint density at radius 1 is 1.50 bits per heavy atom. The molecule has 0 aliphatic rings. The molecule has 0 aliphatic heterocycles. The van der Waals surface area contributed by atoms with Crippen molar-refractivity contribution in [2.24, 2.45) is 0 Å². The number of ether oxygens (including phenoxy) is 1. The standard InChI is InChI=1S/C9H11FNO/c1-11-6-7-3-4-8(12-2)5-9(7)10/h3-5H,6H2,1-2H3/q-1. The van der Waals surface area contributed by atoms with E-state index in [1.807, 2.05) is 0 Å². The Labute approximate surface area is 71.4 Å². The summed E-state index contributed by atoms with van der Waals surface area (Å²) in [7, 11) is 3.17. The number of methoxy groups -OCH3 is 1. The zero-order chi connectivity index (χ0) is 8.97. The van der Waals surface area contributed by atoms with Gasteiger partial charge in [0.15, 0.2) is 0 Å². The van der Waals surface area contributed by atoms with Crippen LogP contribution in [0.4, 0.5) is 4.39 Å². The quantitative estimate of drug-likeness (QED) is 0.679. The fraction of sp³-hybridized carbons (Fsp3) is 0.333. The minimum atomic E-state index is -0.264. The molecule has 0 heterocycles. The number of benzene rings is 1. The maximum Gasteiger partial charge on any atom is 0.128 e. The predicted molar refractivity (Wildman–Crippen MR) is 45.9 cm³/mol. The second-order valence-corrected chi connectivity index (χ2v) is 2.43. The van der Waals surface area contributed by atoms with Gasteiger partial charge in [0.05, 0.1) is 7.11 Å². The van der Waals surface area contributed by atoms with Crippen LogP contribution in [0.25, 0.3) is 5.32 Å². The first-order valence-corrected chi connectivity index (χ1v) is 3.66. The zero-order valence-electron chi connectivity index (χ0n) is 7.17. The summed E-state index contributed by atoms with van der Waals surface area (Å²) in [6.07, 6.45) is 0. The highest BCUT2D eigenvalue weighted by molar-refractivity contribution is 5.29. The van der Waals surface area contributed by atoms with Crippen LogP contribution in [0.1, 0.15) is 5.56 Å². The lowest BCUT2D eigenvalue weighted by Gasteiger charge is -2.12. The van der Waals surface area contributed by atoms with Crippen molar-refractivity contribution in [1.82, 2.24) is 0 Å². The first-order chi connectivity index (χ1) is 5.77. The Kier molecular flexibility index (Phi) is 3.05. The van der Waals surface area contributed by atoms with Crippen molar-refractivity contribution in [2.45, 2.75) is 6.54 Å². The summed E-state index contributed by atoms with van der Waals surface area (Å²) in [5, 5.41) is 3.84. The molecule has 0 aromatic heterocycles. The molecule has 0 atom stereocenters. The van der Waals surface area contributed by atoms with Crippen LogP contribution in [0.2, 0.25) is 0 Å². The van der Waals surface area contributed by atoms with Crippen molar-refractivity contribution in [3.63, 3.8) is 0 Å². The predicted octanol–water partition coefficient (Wildman–Crippen LogP) is 2.34. The molecule has 0 N–H and O–H groups in total. The Hall–Kier alpha value is -1.09. The zero-order valence-corrected chi connectivity index (χ0v) is 7.17. The Morgan fingerprint density at radius 3 is 2.75 bits per heavy atom. The first-order valence-electron chi connectivity index (χ1n) is 3.66. The van der Waals surface area contributed by atoms with E-state index in [4.69, 9.17) is 4.74 Å². The van der Waals surface area contributed by atoms with E-state index in [0.717, 1.165) is 0 Å². The minimum absolute atomic E-state index is 0.264. The van der Waals surface area contributed by atoms with E-state index in [1.54, 1.807) is 19.2 Å². The molecule has 0 fully saturated rings. The van der Waals surface area contributed by atoms with Gasteiger partial charge in [-0.1, -0.05) is 6.07 Å². The van der Waals surface area contributed by atoms with Gasteiger partial charge < -0.3 is 10.1 Å². The smallest absolute Gasteiger partial charge is 0.128 e. The molecule has 0 radical (unpaired) electrons. The highest BCUT2D eigenvalue weighted by atomic mass is 19.1. The molecule has 0 saturated heterocycles. The molecule has 3 heteroatoms. The molecule has 0 amide bonds. The second-order valence-electron chi connectivity index (χ2n) is 2.43. The molecule has 0 bridgehead atoms. The number of halogens is 1. The Balaban J connectivity index is 2.87. The van der Waals surface area contributed by atoms with Crippen molar-refractivity contribution in [2.75, 3.05) is 14.2 Å². The van der Waals surface area contributed by atoms with E-state index in [2.05, 4.69) is 5.32 Å². The number of rotatable bonds is 3. The first kappa shape index (κ1) is 9.00. The Morgan fingerprint density at radius 2 is 2.25 bits per heavy atom. The number of hydrogen-bond donors (Lipinski definition) is 0. The maximum atomic E-state index is 13.1. The van der Waals surface area contributed by atoms with Gasteiger partial charge in [0.1, 0.15) is 11.6 Å². The van der Waals surface area contributed by atoms with Gasteiger partial charge in [0.25, 0.3) is 0 Å². The van der Waals surface area contributed by atoms with Crippen LogP contribution in [0.5, 0.6) is 5.75 Å². The summed E-state index contributed by atoms with van der Waals surface area (Å²) in [5.41, 5.74) is 0.596. The lowest BCUT2D eigenvalue weighted by atomic mass is 10.2. The molecule has 0 spiro atoms. The summed E-state index contributed by atoms with van der Waals surface area (Å²) in [6, 6.07) is 4.77. The van der Waals surface area contributed by atoms with Crippen LogP contribution < -0.4 is 4.74 Å². The van der Waals surface area contributed by atoms with E-state index in [1.165, 1.54) is 13.2 Å². The van der Waals surface area contributed by atoms with Gasteiger partial charge in [-0.05, 0) is 11.6 Å². The van der Waals surface area contributed by atoms with E-state index < -0.39 is 0 Å². The topological polar surface area (TPSA) is 23.3 Å². The minimum Gasteiger partial charge on any atom is -0.661 e. The van der Waals surface area contributed by atoms with Crippen LogP contribution in [-0.2, 0) is 6.54 Å². The van der Waals surface area contributed by atoms with Crippen molar-refractivity contribution in [3.05, 3.63) is 34.9 Å². The fourth-order valence-electron chi connectivity index (χ4n) is 0.954. The Bertz CT molecular complexity index is 263. The molecular weight excluding hydrogens is 157 g/mol. The molecular formula is C9H11FNO-. The van der Waals surface area contributed by atoms with Gasteiger partial charge in [0, 0.05) is 6.07 Å². The van der Waals surface area contributed by atoms with Crippen LogP contribution in [0.3, 0.4) is 0 Å². The second kappa shape index (κ2) is 4.07. The van der Waals surface area contributed by atoms with Gasteiger partial charge in [0.2, 0.25) is 0 Å². The van der Waals surface area contributed by atoms with Gasteiger partial charge >= 0.3 is 0 Å². The van der Waals surface area contributed by atoms with Crippen molar-refractivity contribution >= 4 is 0 Å². The molecule has 1 aromatic rings. The third-order valence-corrected chi connectivity index (χ3v) is 1.59. The largest absolute Gasteiger partial charge is 0.661 e. The SMILES string of the molecule is C[N-]Cc1ccc(OC)cc1F. The third-order valence-electron chi connectivity index (χ3n) is 1.59. The number of hydrogen-bond acceptors (Lipinski definition) is 1. The van der Waals surface area contributed by atoms with Crippen LogP contribution >= 0.6 is 0 Å². The molecule has 0 unspecified atom stereocenters.